The van der Waals surface area contributed by atoms with Gasteiger partial charge in [-0.2, -0.15) is 13.2 Å². The second-order valence-corrected chi connectivity index (χ2v) is 6.72. The molecule has 0 radical (unpaired) electrons. The van der Waals surface area contributed by atoms with Crippen LogP contribution in [-0.2, 0) is 21.7 Å². The minimum Gasteiger partial charge on any atom is -0.463 e. The molecular formula is C19H20F3NO3S. The molecule has 0 aliphatic heterocycles. The Labute approximate surface area is 159 Å². The van der Waals surface area contributed by atoms with Gasteiger partial charge >= 0.3 is 12.1 Å². The molecule has 8 heteroatoms. The van der Waals surface area contributed by atoms with E-state index >= 15 is 0 Å². The van der Waals surface area contributed by atoms with Crippen molar-refractivity contribution >= 4 is 17.3 Å². The van der Waals surface area contributed by atoms with E-state index in [1.54, 1.807) is 31.2 Å². The molecule has 0 saturated heterocycles. The average molecular weight is 399 g/mol. The zero-order valence-electron chi connectivity index (χ0n) is 14.6. The summed E-state index contributed by atoms with van der Waals surface area (Å²) in [7, 11) is 0. The van der Waals surface area contributed by atoms with E-state index in [1.807, 2.05) is 6.07 Å². The van der Waals surface area contributed by atoms with Crippen molar-refractivity contribution in [2.24, 2.45) is 0 Å². The van der Waals surface area contributed by atoms with Crippen LogP contribution in [0.3, 0.4) is 0 Å². The normalized spacial score (nSPS) is 14.5. The van der Waals surface area contributed by atoms with Gasteiger partial charge in [0.2, 0.25) is 0 Å². The number of ether oxygens (including phenoxy) is 1. The van der Waals surface area contributed by atoms with Gasteiger partial charge in [0.05, 0.1) is 6.61 Å². The maximum absolute atomic E-state index is 13.7. The van der Waals surface area contributed by atoms with E-state index in [0.29, 0.717) is 0 Å². The van der Waals surface area contributed by atoms with Gasteiger partial charge in [0.1, 0.15) is 0 Å². The number of carbonyl (C=O) groups excluding carboxylic acids is 1. The van der Waals surface area contributed by atoms with Crippen molar-refractivity contribution in [3.63, 3.8) is 0 Å². The number of hydrogen-bond donors (Lipinski definition) is 2. The van der Waals surface area contributed by atoms with Gasteiger partial charge in [-0.3, -0.25) is 0 Å². The Hall–Kier alpha value is -2.32. The smallest absolute Gasteiger partial charge is 0.422 e. The van der Waals surface area contributed by atoms with Gasteiger partial charge in [-0.1, -0.05) is 36.4 Å². The molecule has 1 unspecified atom stereocenters. The van der Waals surface area contributed by atoms with E-state index in [-0.39, 0.29) is 23.7 Å². The van der Waals surface area contributed by atoms with E-state index in [9.17, 15) is 23.1 Å². The molecule has 2 aromatic rings. The lowest BCUT2D eigenvalue weighted by atomic mass is 9.94. The van der Waals surface area contributed by atoms with Gasteiger partial charge in [0, 0.05) is 29.6 Å². The number of carbonyl (C=O) groups is 1. The van der Waals surface area contributed by atoms with Crippen LogP contribution in [0.2, 0.25) is 0 Å². The quantitative estimate of drug-likeness (QED) is 0.518. The highest BCUT2D eigenvalue weighted by Crippen LogP contribution is 2.44. The molecule has 0 saturated carbocycles. The molecule has 0 aliphatic rings. The van der Waals surface area contributed by atoms with Crippen LogP contribution in [0.25, 0.3) is 0 Å². The fourth-order valence-electron chi connectivity index (χ4n) is 2.42. The lowest BCUT2D eigenvalue weighted by molar-refractivity contribution is -0.265. The lowest BCUT2D eigenvalue weighted by Gasteiger charge is -2.30. The van der Waals surface area contributed by atoms with Gasteiger partial charge in [-0.25, -0.2) is 4.79 Å². The number of esters is 1. The van der Waals surface area contributed by atoms with E-state index in [0.717, 1.165) is 23.0 Å². The van der Waals surface area contributed by atoms with Gasteiger partial charge < -0.3 is 15.2 Å². The lowest BCUT2D eigenvalue weighted by Crippen LogP contribution is -2.43. The van der Waals surface area contributed by atoms with Crippen molar-refractivity contribution in [2.75, 3.05) is 6.61 Å². The summed E-state index contributed by atoms with van der Waals surface area (Å²) in [6.07, 6.45) is -4.79. The van der Waals surface area contributed by atoms with Gasteiger partial charge in [-0.15, -0.1) is 11.3 Å². The first kappa shape index (κ1) is 21.0. The largest absolute Gasteiger partial charge is 0.463 e. The molecule has 0 aliphatic carbocycles. The maximum atomic E-state index is 13.7. The van der Waals surface area contributed by atoms with E-state index in [2.05, 4.69) is 5.32 Å². The number of nitrogens with one attached hydrogen (secondary N) is 1. The highest BCUT2D eigenvalue weighted by molar-refractivity contribution is 7.10. The standard InChI is InChI=1S/C19H20F3NO3S/c1-2-26-17(24)11-15(23-13-14-7-4-3-5-8-14)12-18(25,19(20,21)22)16-9-6-10-27-16/h3-11,23,25H,2,12-13H2,1H3/b15-11+. The third kappa shape index (κ3) is 5.58. The van der Waals surface area contributed by atoms with Crippen molar-refractivity contribution < 1.29 is 27.8 Å². The first-order chi connectivity index (χ1) is 12.8. The predicted molar refractivity (Wildman–Crippen MR) is 96.9 cm³/mol. The van der Waals surface area contributed by atoms with Crippen molar-refractivity contribution in [3.05, 3.63) is 70.1 Å². The van der Waals surface area contributed by atoms with Crippen LogP contribution in [0.4, 0.5) is 13.2 Å². The van der Waals surface area contributed by atoms with Crippen LogP contribution >= 0.6 is 11.3 Å². The summed E-state index contributed by atoms with van der Waals surface area (Å²) in [5.74, 6) is -0.774. The second kappa shape index (κ2) is 9.05. The fourth-order valence-corrected chi connectivity index (χ4v) is 3.26. The number of thiophene rings is 1. The van der Waals surface area contributed by atoms with Crippen LogP contribution in [0, 0.1) is 0 Å². The Morgan fingerprint density at radius 3 is 2.48 bits per heavy atom. The SMILES string of the molecule is CCOC(=O)/C=C(\CC(O)(c1cccs1)C(F)(F)F)NCc1ccccc1. The van der Waals surface area contributed by atoms with Gasteiger partial charge in [-0.05, 0) is 23.9 Å². The predicted octanol–water partition coefficient (Wildman–Crippen LogP) is 4.12. The molecule has 27 heavy (non-hydrogen) atoms. The molecule has 1 heterocycles. The van der Waals surface area contributed by atoms with Crippen LogP contribution in [0.15, 0.2) is 59.6 Å². The molecule has 1 aromatic carbocycles. The monoisotopic (exact) mass is 399 g/mol. The minimum atomic E-state index is -4.92. The molecule has 0 fully saturated rings. The zero-order valence-corrected chi connectivity index (χ0v) is 15.4. The molecule has 2 N–H and O–H groups in total. The Balaban J connectivity index is 2.29. The summed E-state index contributed by atoms with van der Waals surface area (Å²) in [5, 5.41) is 14.7. The van der Waals surface area contributed by atoms with Gasteiger partial charge in [0.15, 0.2) is 5.60 Å². The zero-order chi connectivity index (χ0) is 19.9. The molecule has 0 amide bonds. The molecular weight excluding hydrogens is 379 g/mol. The summed E-state index contributed by atoms with van der Waals surface area (Å²) in [4.78, 5) is 11.5. The molecule has 1 atom stereocenters. The van der Waals surface area contributed by atoms with Crippen LogP contribution < -0.4 is 5.32 Å². The van der Waals surface area contributed by atoms with Gasteiger partial charge in [0.25, 0.3) is 0 Å². The maximum Gasteiger partial charge on any atom is 0.422 e. The fraction of sp³-hybridized carbons (Fsp3) is 0.316. The van der Waals surface area contributed by atoms with Crippen LogP contribution in [0.5, 0.6) is 0 Å². The second-order valence-electron chi connectivity index (χ2n) is 5.77. The summed E-state index contributed by atoms with van der Waals surface area (Å²) in [5.41, 5.74) is -2.35. The van der Waals surface area contributed by atoms with Crippen molar-refractivity contribution in [3.8, 4) is 0 Å². The molecule has 1 aromatic heterocycles. The van der Waals surface area contributed by atoms with Crippen molar-refractivity contribution in [1.82, 2.24) is 5.32 Å². The van der Waals surface area contributed by atoms with Crippen LogP contribution in [-0.4, -0.2) is 23.9 Å². The number of halogens is 3. The topological polar surface area (TPSA) is 58.6 Å². The Morgan fingerprint density at radius 1 is 1.22 bits per heavy atom. The van der Waals surface area contributed by atoms with E-state index < -0.39 is 24.2 Å². The van der Waals surface area contributed by atoms with Crippen LogP contribution in [0.1, 0.15) is 23.8 Å². The summed E-state index contributed by atoms with van der Waals surface area (Å²) in [6, 6.07) is 11.7. The van der Waals surface area contributed by atoms with E-state index in [4.69, 9.17) is 4.74 Å². The summed E-state index contributed by atoms with van der Waals surface area (Å²) in [6.45, 7) is 1.89. The van der Waals surface area contributed by atoms with E-state index in [1.165, 1.54) is 17.5 Å². The third-order valence-corrected chi connectivity index (χ3v) is 4.81. The first-order valence-corrected chi connectivity index (χ1v) is 9.12. The molecule has 0 spiro atoms. The molecule has 4 nitrogen and oxygen atoms in total. The number of benzene rings is 1. The summed E-state index contributed by atoms with van der Waals surface area (Å²) >= 11 is 0.801. The molecule has 146 valence electrons. The Bertz CT molecular complexity index is 760. The Kier molecular flexibility index (Phi) is 7.04. The Morgan fingerprint density at radius 2 is 1.93 bits per heavy atom. The first-order valence-electron chi connectivity index (χ1n) is 8.24. The average Bonchev–Trinajstić information content (AvgIpc) is 3.15. The summed E-state index contributed by atoms with van der Waals surface area (Å²) < 4.78 is 45.8. The van der Waals surface area contributed by atoms with Crippen molar-refractivity contribution in [2.45, 2.75) is 31.7 Å². The third-order valence-electron chi connectivity index (χ3n) is 3.79. The number of aliphatic hydroxyl groups is 1. The highest BCUT2D eigenvalue weighted by Gasteiger charge is 2.56. The number of alkyl halides is 3. The minimum absolute atomic E-state index is 0.0643. The van der Waals surface area contributed by atoms with Crippen molar-refractivity contribution in [1.29, 1.82) is 0 Å². The number of rotatable bonds is 8. The molecule has 0 bridgehead atoms. The highest BCUT2D eigenvalue weighted by atomic mass is 32.1. The number of hydrogen-bond acceptors (Lipinski definition) is 5. The molecule has 2 rings (SSSR count).